The van der Waals surface area contributed by atoms with E-state index in [1.54, 1.807) is 12.1 Å². The quantitative estimate of drug-likeness (QED) is 0.878. The number of nitrogens with one attached hydrogen (secondary N) is 1. The number of benzene rings is 1. The molecule has 1 aromatic heterocycles. The van der Waals surface area contributed by atoms with Gasteiger partial charge in [-0.15, -0.1) is 0 Å². The molecule has 2 rings (SSSR count). The van der Waals surface area contributed by atoms with Crippen molar-refractivity contribution in [2.45, 2.75) is 32.9 Å². The second kappa shape index (κ2) is 5.36. The predicted octanol–water partition coefficient (Wildman–Crippen LogP) is 4.14. The molecule has 2 nitrogen and oxygen atoms in total. The minimum absolute atomic E-state index is 0.124. The Morgan fingerprint density at radius 1 is 1.00 bits per heavy atom. The molecule has 0 fully saturated rings. The van der Waals surface area contributed by atoms with Crippen molar-refractivity contribution in [2.24, 2.45) is 0 Å². The van der Waals surface area contributed by atoms with Gasteiger partial charge in [0.2, 0.25) is 0 Å². The van der Waals surface area contributed by atoms with Gasteiger partial charge in [-0.3, -0.25) is 0 Å². The highest BCUT2D eigenvalue weighted by molar-refractivity contribution is 5.20. The molecule has 1 aromatic carbocycles. The third-order valence-electron chi connectivity index (χ3n) is 3.06. The minimum Gasteiger partial charge on any atom is -0.465 e. The maximum absolute atomic E-state index is 12.8. The van der Waals surface area contributed by atoms with Gasteiger partial charge in [0, 0.05) is 6.04 Å². The first-order chi connectivity index (χ1) is 8.56. The van der Waals surface area contributed by atoms with Gasteiger partial charge in [-0.2, -0.15) is 0 Å². The summed E-state index contributed by atoms with van der Waals surface area (Å²) < 4.78 is 18.4. The number of aryl methyl sites for hydroxylation is 1. The second-order valence-electron chi connectivity index (χ2n) is 4.61. The van der Waals surface area contributed by atoms with Crippen molar-refractivity contribution in [2.75, 3.05) is 0 Å². The molecule has 2 atom stereocenters. The molecule has 0 aliphatic rings. The average molecular weight is 247 g/mol. The van der Waals surface area contributed by atoms with Gasteiger partial charge in [0.15, 0.2) is 0 Å². The van der Waals surface area contributed by atoms with E-state index in [0.29, 0.717) is 0 Å². The maximum atomic E-state index is 12.8. The van der Waals surface area contributed by atoms with Crippen LogP contribution in [0, 0.1) is 12.7 Å². The number of rotatable bonds is 4. The SMILES string of the molecule is Cc1ccc(C(C)N[C@@H](C)c2ccc(F)cc2)o1. The Morgan fingerprint density at radius 2 is 1.67 bits per heavy atom. The molecule has 2 aromatic rings. The Labute approximate surface area is 107 Å². The van der Waals surface area contributed by atoms with Gasteiger partial charge in [-0.05, 0) is 50.6 Å². The van der Waals surface area contributed by atoms with Crippen LogP contribution in [0.15, 0.2) is 40.8 Å². The summed E-state index contributed by atoms with van der Waals surface area (Å²) in [6.07, 6.45) is 0. The van der Waals surface area contributed by atoms with Gasteiger partial charge in [0.25, 0.3) is 0 Å². The first-order valence-electron chi connectivity index (χ1n) is 6.14. The van der Waals surface area contributed by atoms with Gasteiger partial charge in [0.05, 0.1) is 6.04 Å². The van der Waals surface area contributed by atoms with Crippen LogP contribution < -0.4 is 5.32 Å². The van der Waals surface area contributed by atoms with Crippen LogP contribution in [0.1, 0.15) is 43.0 Å². The summed E-state index contributed by atoms with van der Waals surface area (Å²) in [7, 11) is 0. The number of halogens is 1. The summed E-state index contributed by atoms with van der Waals surface area (Å²) >= 11 is 0. The monoisotopic (exact) mass is 247 g/mol. The van der Waals surface area contributed by atoms with Gasteiger partial charge in [-0.1, -0.05) is 12.1 Å². The normalized spacial score (nSPS) is 14.4. The zero-order valence-corrected chi connectivity index (χ0v) is 10.9. The highest BCUT2D eigenvalue weighted by atomic mass is 19.1. The van der Waals surface area contributed by atoms with E-state index in [0.717, 1.165) is 17.1 Å². The van der Waals surface area contributed by atoms with Gasteiger partial charge >= 0.3 is 0 Å². The molecular weight excluding hydrogens is 229 g/mol. The van der Waals surface area contributed by atoms with E-state index in [4.69, 9.17) is 4.42 Å². The molecule has 0 saturated heterocycles. The van der Waals surface area contributed by atoms with Crippen LogP contribution in [-0.2, 0) is 0 Å². The van der Waals surface area contributed by atoms with Gasteiger partial charge in [0.1, 0.15) is 17.3 Å². The van der Waals surface area contributed by atoms with E-state index in [9.17, 15) is 4.39 Å². The third kappa shape index (κ3) is 2.99. The summed E-state index contributed by atoms with van der Waals surface area (Å²) in [5.74, 6) is 1.62. The summed E-state index contributed by atoms with van der Waals surface area (Å²) in [6.45, 7) is 6.04. The van der Waals surface area contributed by atoms with E-state index in [1.165, 1.54) is 12.1 Å². The van der Waals surface area contributed by atoms with Crippen molar-refractivity contribution in [3.05, 3.63) is 59.3 Å². The topological polar surface area (TPSA) is 25.2 Å². The van der Waals surface area contributed by atoms with Crippen LogP contribution in [-0.4, -0.2) is 0 Å². The van der Waals surface area contributed by atoms with E-state index >= 15 is 0 Å². The Kier molecular flexibility index (Phi) is 3.82. The molecule has 1 N–H and O–H groups in total. The lowest BCUT2D eigenvalue weighted by Gasteiger charge is -2.18. The summed E-state index contributed by atoms with van der Waals surface area (Å²) in [5, 5.41) is 3.43. The van der Waals surface area contributed by atoms with E-state index in [1.807, 2.05) is 19.1 Å². The van der Waals surface area contributed by atoms with E-state index < -0.39 is 0 Å². The van der Waals surface area contributed by atoms with Crippen LogP contribution in [0.5, 0.6) is 0 Å². The molecule has 1 unspecified atom stereocenters. The van der Waals surface area contributed by atoms with Crippen LogP contribution in [0.2, 0.25) is 0 Å². The summed E-state index contributed by atoms with van der Waals surface area (Å²) in [4.78, 5) is 0. The van der Waals surface area contributed by atoms with Crippen molar-refractivity contribution >= 4 is 0 Å². The van der Waals surface area contributed by atoms with E-state index in [2.05, 4.69) is 19.2 Å². The Balaban J connectivity index is 2.02. The highest BCUT2D eigenvalue weighted by Gasteiger charge is 2.13. The first-order valence-corrected chi connectivity index (χ1v) is 6.14. The molecule has 1 heterocycles. The summed E-state index contributed by atoms with van der Waals surface area (Å²) in [5.41, 5.74) is 1.06. The molecule has 0 aliphatic carbocycles. The fourth-order valence-electron chi connectivity index (χ4n) is 1.99. The maximum Gasteiger partial charge on any atom is 0.123 e. The fourth-order valence-corrected chi connectivity index (χ4v) is 1.99. The molecular formula is C15H18FNO. The minimum atomic E-state index is -0.208. The largest absolute Gasteiger partial charge is 0.465 e. The van der Waals surface area contributed by atoms with Crippen molar-refractivity contribution in [1.29, 1.82) is 0 Å². The number of hydrogen-bond donors (Lipinski definition) is 1. The molecule has 18 heavy (non-hydrogen) atoms. The van der Waals surface area contributed by atoms with E-state index in [-0.39, 0.29) is 17.9 Å². The van der Waals surface area contributed by atoms with Crippen LogP contribution in [0.25, 0.3) is 0 Å². The molecule has 0 radical (unpaired) electrons. The molecule has 96 valence electrons. The van der Waals surface area contributed by atoms with Gasteiger partial charge in [-0.25, -0.2) is 4.39 Å². The number of hydrogen-bond acceptors (Lipinski definition) is 2. The Morgan fingerprint density at radius 3 is 2.22 bits per heavy atom. The zero-order chi connectivity index (χ0) is 13.1. The van der Waals surface area contributed by atoms with Crippen LogP contribution in [0.3, 0.4) is 0 Å². The Hall–Kier alpha value is -1.61. The average Bonchev–Trinajstić information content (AvgIpc) is 2.76. The van der Waals surface area contributed by atoms with Crippen molar-refractivity contribution in [3.8, 4) is 0 Å². The molecule has 3 heteroatoms. The lowest BCUT2D eigenvalue weighted by atomic mass is 10.1. The lowest BCUT2D eigenvalue weighted by Crippen LogP contribution is -2.22. The fraction of sp³-hybridized carbons (Fsp3) is 0.333. The zero-order valence-electron chi connectivity index (χ0n) is 10.9. The van der Waals surface area contributed by atoms with Crippen molar-refractivity contribution in [3.63, 3.8) is 0 Å². The highest BCUT2D eigenvalue weighted by Crippen LogP contribution is 2.21. The smallest absolute Gasteiger partial charge is 0.123 e. The number of furan rings is 1. The van der Waals surface area contributed by atoms with Crippen LogP contribution >= 0.6 is 0 Å². The molecule has 0 amide bonds. The molecule has 0 aliphatic heterocycles. The molecule has 0 spiro atoms. The van der Waals surface area contributed by atoms with Crippen LogP contribution in [0.4, 0.5) is 4.39 Å². The standard InChI is InChI=1S/C15H18FNO/c1-10-4-9-15(18-10)12(3)17-11(2)13-5-7-14(16)8-6-13/h4-9,11-12,17H,1-3H3/t11-,12?/m0/s1. The lowest BCUT2D eigenvalue weighted by molar-refractivity contribution is 0.392. The first kappa shape index (κ1) is 12.8. The third-order valence-corrected chi connectivity index (χ3v) is 3.06. The van der Waals surface area contributed by atoms with Crippen molar-refractivity contribution < 1.29 is 8.81 Å². The predicted molar refractivity (Wildman–Crippen MR) is 69.8 cm³/mol. The molecule has 0 bridgehead atoms. The second-order valence-corrected chi connectivity index (χ2v) is 4.61. The van der Waals surface area contributed by atoms with Gasteiger partial charge < -0.3 is 9.73 Å². The summed E-state index contributed by atoms with van der Waals surface area (Å²) in [6, 6.07) is 10.8. The Bertz CT molecular complexity index is 503. The van der Waals surface area contributed by atoms with Crippen molar-refractivity contribution in [1.82, 2.24) is 5.32 Å². The molecule has 0 saturated carbocycles.